The molecule has 0 amide bonds. The van der Waals surface area contributed by atoms with Crippen molar-refractivity contribution in [2.45, 2.75) is 12.6 Å². The van der Waals surface area contributed by atoms with Crippen molar-refractivity contribution in [1.29, 1.82) is 5.26 Å². The third kappa shape index (κ3) is 3.04. The van der Waals surface area contributed by atoms with Gasteiger partial charge in [-0.05, 0) is 30.3 Å². The first-order chi connectivity index (χ1) is 12.4. The number of benzene rings is 1. The van der Waals surface area contributed by atoms with Gasteiger partial charge in [-0.3, -0.25) is 0 Å². The van der Waals surface area contributed by atoms with E-state index < -0.39 is 11.7 Å². The van der Waals surface area contributed by atoms with Crippen LogP contribution < -0.4 is 9.47 Å². The Balaban J connectivity index is 2.23. The molecule has 134 valence electrons. The average molecular weight is 361 g/mol. The third-order valence-electron chi connectivity index (χ3n) is 3.95. The van der Waals surface area contributed by atoms with Gasteiger partial charge in [0.2, 0.25) is 0 Å². The highest BCUT2D eigenvalue weighted by molar-refractivity contribution is 5.70. The monoisotopic (exact) mass is 361 g/mol. The molecule has 0 atom stereocenters. The molecule has 5 nitrogen and oxygen atoms in total. The van der Waals surface area contributed by atoms with Gasteiger partial charge in [-0.25, -0.2) is 4.98 Å². The summed E-state index contributed by atoms with van der Waals surface area (Å²) in [7, 11) is 2.99. The first-order valence-electron chi connectivity index (χ1n) is 7.56. The fourth-order valence-electron chi connectivity index (χ4n) is 2.72. The molecule has 0 bridgehead atoms. The number of nitriles is 1. The minimum Gasteiger partial charge on any atom is -0.493 e. The van der Waals surface area contributed by atoms with Crippen LogP contribution in [0.4, 0.5) is 13.2 Å². The number of alkyl halides is 3. The molecule has 1 aromatic carbocycles. The smallest absolute Gasteiger partial charge is 0.417 e. The Bertz CT molecular complexity index is 1000. The van der Waals surface area contributed by atoms with Gasteiger partial charge in [-0.15, -0.1) is 0 Å². The number of pyridine rings is 1. The molecule has 0 unspecified atom stereocenters. The maximum absolute atomic E-state index is 13.0. The van der Waals surface area contributed by atoms with Gasteiger partial charge in [0.05, 0.1) is 43.7 Å². The molecule has 0 aliphatic carbocycles. The van der Waals surface area contributed by atoms with E-state index in [1.807, 2.05) is 6.07 Å². The van der Waals surface area contributed by atoms with Crippen molar-refractivity contribution in [3.05, 3.63) is 47.8 Å². The summed E-state index contributed by atoms with van der Waals surface area (Å²) >= 11 is 0. The van der Waals surface area contributed by atoms with E-state index in [1.54, 1.807) is 18.2 Å². The Morgan fingerprint density at radius 2 is 1.85 bits per heavy atom. The molecule has 3 rings (SSSR count). The Morgan fingerprint density at radius 1 is 1.12 bits per heavy atom. The minimum atomic E-state index is -4.48. The Hall–Kier alpha value is -3.21. The van der Waals surface area contributed by atoms with Gasteiger partial charge in [0.1, 0.15) is 5.65 Å². The lowest BCUT2D eigenvalue weighted by atomic mass is 10.1. The molecular weight excluding hydrogens is 347 g/mol. The van der Waals surface area contributed by atoms with Crippen molar-refractivity contribution in [2.75, 3.05) is 14.2 Å². The number of nitrogens with zero attached hydrogens (tertiary/aromatic N) is 3. The molecule has 0 N–H and O–H groups in total. The molecule has 2 aromatic heterocycles. The van der Waals surface area contributed by atoms with Crippen LogP contribution in [0, 0.1) is 11.3 Å². The number of imidazole rings is 1. The summed E-state index contributed by atoms with van der Waals surface area (Å²) in [5.74, 6) is 0.974. The van der Waals surface area contributed by atoms with E-state index in [9.17, 15) is 13.2 Å². The summed E-state index contributed by atoms with van der Waals surface area (Å²) in [6, 6.07) is 9.30. The normalized spacial score (nSPS) is 11.4. The summed E-state index contributed by atoms with van der Waals surface area (Å²) in [6.07, 6.45) is -3.61. The lowest BCUT2D eigenvalue weighted by Crippen LogP contribution is -2.07. The van der Waals surface area contributed by atoms with E-state index >= 15 is 0 Å². The second-order valence-corrected chi connectivity index (χ2v) is 5.46. The van der Waals surface area contributed by atoms with Gasteiger partial charge in [0.25, 0.3) is 0 Å². The van der Waals surface area contributed by atoms with Crippen molar-refractivity contribution < 1.29 is 22.6 Å². The van der Waals surface area contributed by atoms with Crippen molar-refractivity contribution >= 4 is 5.65 Å². The van der Waals surface area contributed by atoms with Crippen molar-refractivity contribution in [3.8, 4) is 28.8 Å². The molecule has 0 spiro atoms. The number of fused-ring (bicyclic) bond motifs is 1. The summed E-state index contributed by atoms with van der Waals surface area (Å²) in [5.41, 5.74) is 0.936. The van der Waals surface area contributed by atoms with Crippen LogP contribution in [0.25, 0.3) is 16.9 Å². The van der Waals surface area contributed by atoms with Crippen molar-refractivity contribution in [3.63, 3.8) is 0 Å². The lowest BCUT2D eigenvalue weighted by molar-refractivity contribution is -0.137. The van der Waals surface area contributed by atoms with Crippen LogP contribution in [-0.4, -0.2) is 23.6 Å². The average Bonchev–Trinajstić information content (AvgIpc) is 2.98. The molecule has 8 heteroatoms. The zero-order valence-electron chi connectivity index (χ0n) is 14.0. The largest absolute Gasteiger partial charge is 0.493 e. The van der Waals surface area contributed by atoms with Crippen LogP contribution in [0.3, 0.4) is 0 Å². The molecule has 3 aromatic rings. The molecule has 0 radical (unpaired) electrons. The Kier molecular flexibility index (Phi) is 4.47. The molecule has 0 saturated heterocycles. The molecule has 26 heavy (non-hydrogen) atoms. The Morgan fingerprint density at radius 3 is 2.46 bits per heavy atom. The fraction of sp³-hybridized carbons (Fsp3) is 0.222. The lowest BCUT2D eigenvalue weighted by Gasteiger charge is -2.09. The van der Waals surface area contributed by atoms with E-state index in [0.29, 0.717) is 34.1 Å². The zero-order chi connectivity index (χ0) is 18.9. The van der Waals surface area contributed by atoms with Gasteiger partial charge in [-0.1, -0.05) is 0 Å². The number of ether oxygens (including phenoxy) is 2. The highest BCUT2D eigenvalue weighted by Gasteiger charge is 2.31. The van der Waals surface area contributed by atoms with Crippen LogP contribution in [0.2, 0.25) is 0 Å². The second-order valence-electron chi connectivity index (χ2n) is 5.46. The SMILES string of the molecule is COc1ccc(-c2nc3ccc(C(F)(F)F)cn3c2CC#N)cc1OC. The number of methoxy groups -OCH3 is 2. The fourth-order valence-corrected chi connectivity index (χ4v) is 2.72. The number of hydrogen-bond acceptors (Lipinski definition) is 4. The third-order valence-corrected chi connectivity index (χ3v) is 3.95. The number of hydrogen-bond donors (Lipinski definition) is 0. The predicted molar refractivity (Wildman–Crippen MR) is 88.1 cm³/mol. The van der Waals surface area contributed by atoms with Crippen LogP contribution in [-0.2, 0) is 12.6 Å². The standard InChI is InChI=1S/C18H14F3N3O2/c1-25-14-5-3-11(9-15(14)26-2)17-13(7-8-22)24-10-12(18(19,20)21)4-6-16(24)23-17/h3-6,9-10H,7H2,1-2H3. The maximum atomic E-state index is 13.0. The van der Waals surface area contributed by atoms with Gasteiger partial charge in [-0.2, -0.15) is 18.4 Å². The first-order valence-corrected chi connectivity index (χ1v) is 7.56. The van der Waals surface area contributed by atoms with Gasteiger partial charge < -0.3 is 13.9 Å². The van der Waals surface area contributed by atoms with Crippen LogP contribution in [0.5, 0.6) is 11.5 Å². The molecular formula is C18H14F3N3O2. The number of rotatable bonds is 4. The maximum Gasteiger partial charge on any atom is 0.417 e. The van der Waals surface area contributed by atoms with E-state index in [2.05, 4.69) is 4.98 Å². The molecule has 0 fully saturated rings. The Labute approximate surface area is 147 Å². The van der Waals surface area contributed by atoms with E-state index in [1.165, 1.54) is 24.7 Å². The van der Waals surface area contributed by atoms with E-state index in [0.717, 1.165) is 12.3 Å². The quantitative estimate of drug-likeness (QED) is 0.702. The highest BCUT2D eigenvalue weighted by atomic mass is 19.4. The topological polar surface area (TPSA) is 59.5 Å². The summed E-state index contributed by atoms with van der Waals surface area (Å²) in [4.78, 5) is 4.40. The summed E-state index contributed by atoms with van der Waals surface area (Å²) in [5, 5.41) is 9.12. The summed E-state index contributed by atoms with van der Waals surface area (Å²) < 4.78 is 50.8. The number of aromatic nitrogens is 2. The van der Waals surface area contributed by atoms with Gasteiger partial charge in [0, 0.05) is 11.8 Å². The number of halogens is 3. The zero-order valence-corrected chi connectivity index (χ0v) is 14.0. The minimum absolute atomic E-state index is 0.0911. The molecule has 0 aliphatic heterocycles. The van der Waals surface area contributed by atoms with Crippen molar-refractivity contribution in [2.24, 2.45) is 0 Å². The van der Waals surface area contributed by atoms with Crippen LogP contribution >= 0.6 is 0 Å². The van der Waals surface area contributed by atoms with E-state index in [4.69, 9.17) is 14.7 Å². The van der Waals surface area contributed by atoms with Gasteiger partial charge >= 0.3 is 6.18 Å². The van der Waals surface area contributed by atoms with Crippen LogP contribution in [0.15, 0.2) is 36.5 Å². The highest BCUT2D eigenvalue weighted by Crippen LogP contribution is 2.35. The molecule has 2 heterocycles. The predicted octanol–water partition coefficient (Wildman–Crippen LogP) is 4.10. The first kappa shape index (κ1) is 17.6. The molecule has 0 aliphatic rings. The van der Waals surface area contributed by atoms with Crippen LogP contribution in [0.1, 0.15) is 11.3 Å². The second kappa shape index (κ2) is 6.59. The van der Waals surface area contributed by atoms with E-state index in [-0.39, 0.29) is 6.42 Å². The molecule has 0 saturated carbocycles. The summed E-state index contributed by atoms with van der Waals surface area (Å²) in [6.45, 7) is 0. The van der Waals surface area contributed by atoms with Gasteiger partial charge in [0.15, 0.2) is 11.5 Å². The van der Waals surface area contributed by atoms with Crippen molar-refractivity contribution in [1.82, 2.24) is 9.38 Å².